The molecule has 0 spiro atoms. The highest BCUT2D eigenvalue weighted by Gasteiger charge is 2.21. The molecule has 0 saturated carbocycles. The van der Waals surface area contributed by atoms with Gasteiger partial charge in [-0.15, -0.1) is 0 Å². The van der Waals surface area contributed by atoms with Gasteiger partial charge in [-0.3, -0.25) is 4.90 Å². The number of nitrogens with zero attached hydrogens (tertiary/aromatic N) is 1. The van der Waals surface area contributed by atoms with Crippen molar-refractivity contribution in [1.82, 2.24) is 10.2 Å². The summed E-state index contributed by atoms with van der Waals surface area (Å²) in [5.74, 6) is 0. The molecule has 2 atom stereocenters. The van der Waals surface area contributed by atoms with Crippen LogP contribution < -0.4 is 5.32 Å². The van der Waals surface area contributed by atoms with Gasteiger partial charge in [0.2, 0.25) is 0 Å². The van der Waals surface area contributed by atoms with E-state index in [0.717, 1.165) is 19.7 Å². The molecule has 3 heteroatoms. The van der Waals surface area contributed by atoms with E-state index in [4.69, 9.17) is 4.74 Å². The average Bonchev–Trinajstić information content (AvgIpc) is 2.35. The van der Waals surface area contributed by atoms with Crippen LogP contribution in [0.3, 0.4) is 0 Å². The van der Waals surface area contributed by atoms with Crippen LogP contribution in [0, 0.1) is 0 Å². The molecule has 0 aromatic heterocycles. The summed E-state index contributed by atoms with van der Waals surface area (Å²) in [6.07, 6.45) is 3.70. The zero-order chi connectivity index (χ0) is 14.0. The lowest BCUT2D eigenvalue weighted by Gasteiger charge is -2.36. The molecule has 0 rings (SSSR count). The van der Waals surface area contributed by atoms with Crippen LogP contribution in [0.2, 0.25) is 0 Å². The van der Waals surface area contributed by atoms with Gasteiger partial charge in [0.1, 0.15) is 0 Å². The Bertz CT molecular complexity index is 185. The number of methoxy groups -OCH3 is 1. The summed E-state index contributed by atoms with van der Waals surface area (Å²) in [6.45, 7) is 14.2. The van der Waals surface area contributed by atoms with Gasteiger partial charge in [0.25, 0.3) is 0 Å². The maximum absolute atomic E-state index is 5.26. The van der Waals surface area contributed by atoms with Crippen LogP contribution in [-0.4, -0.2) is 49.8 Å². The van der Waals surface area contributed by atoms with Gasteiger partial charge in [0.15, 0.2) is 0 Å². The Kier molecular flexibility index (Phi) is 10.7. The molecule has 0 aliphatic carbocycles. The predicted molar refractivity (Wildman–Crippen MR) is 80.2 cm³/mol. The smallest absolute Gasteiger partial charge is 0.0589 e. The molecule has 2 unspecified atom stereocenters. The number of nitrogens with one attached hydrogen (secondary N) is 1. The molecular weight excluding hydrogens is 224 g/mol. The molecule has 0 bridgehead atoms. The van der Waals surface area contributed by atoms with E-state index >= 15 is 0 Å². The number of rotatable bonds is 11. The van der Waals surface area contributed by atoms with E-state index in [1.54, 1.807) is 7.11 Å². The van der Waals surface area contributed by atoms with Crippen molar-refractivity contribution in [2.24, 2.45) is 0 Å². The molecule has 0 aliphatic heterocycles. The first-order valence-electron chi connectivity index (χ1n) is 7.54. The third-order valence-electron chi connectivity index (χ3n) is 3.56. The molecule has 0 radical (unpaired) electrons. The summed E-state index contributed by atoms with van der Waals surface area (Å²) >= 11 is 0. The van der Waals surface area contributed by atoms with Crippen LogP contribution >= 0.6 is 0 Å². The maximum atomic E-state index is 5.26. The van der Waals surface area contributed by atoms with Gasteiger partial charge in [-0.2, -0.15) is 0 Å². The first kappa shape index (κ1) is 17.9. The maximum Gasteiger partial charge on any atom is 0.0589 e. The lowest BCUT2D eigenvalue weighted by atomic mass is 10.1. The van der Waals surface area contributed by atoms with Crippen LogP contribution in [0.5, 0.6) is 0 Å². The molecule has 0 amide bonds. The van der Waals surface area contributed by atoms with E-state index in [9.17, 15) is 0 Å². The zero-order valence-electron chi connectivity index (χ0n) is 13.3. The summed E-state index contributed by atoms with van der Waals surface area (Å²) in [4.78, 5) is 2.61. The zero-order valence-corrected chi connectivity index (χ0v) is 13.3. The Hall–Kier alpha value is -0.120. The Morgan fingerprint density at radius 2 is 1.83 bits per heavy atom. The SMILES string of the molecule is CCCC(CNC(C)C)N(CCOC)C(C)CC. The van der Waals surface area contributed by atoms with Gasteiger partial charge in [-0.25, -0.2) is 0 Å². The molecule has 0 aromatic rings. The summed E-state index contributed by atoms with van der Waals surface area (Å²) in [7, 11) is 1.79. The topological polar surface area (TPSA) is 24.5 Å². The molecule has 0 aromatic carbocycles. The molecule has 0 heterocycles. The van der Waals surface area contributed by atoms with Crippen molar-refractivity contribution in [3.63, 3.8) is 0 Å². The average molecular weight is 258 g/mol. The second-order valence-corrected chi connectivity index (χ2v) is 5.49. The summed E-state index contributed by atoms with van der Waals surface area (Å²) < 4.78 is 5.26. The second kappa shape index (κ2) is 10.8. The number of ether oxygens (including phenoxy) is 1. The third kappa shape index (κ3) is 7.34. The molecule has 18 heavy (non-hydrogen) atoms. The van der Waals surface area contributed by atoms with Crippen molar-refractivity contribution < 1.29 is 4.74 Å². The summed E-state index contributed by atoms with van der Waals surface area (Å²) in [5, 5.41) is 3.58. The van der Waals surface area contributed by atoms with E-state index in [0.29, 0.717) is 18.1 Å². The van der Waals surface area contributed by atoms with Crippen molar-refractivity contribution in [1.29, 1.82) is 0 Å². The van der Waals surface area contributed by atoms with Crippen molar-refractivity contribution in [2.45, 2.75) is 72.0 Å². The summed E-state index contributed by atoms with van der Waals surface area (Å²) in [5.41, 5.74) is 0. The quantitative estimate of drug-likeness (QED) is 0.617. The van der Waals surface area contributed by atoms with Gasteiger partial charge >= 0.3 is 0 Å². The highest BCUT2D eigenvalue weighted by atomic mass is 16.5. The van der Waals surface area contributed by atoms with Gasteiger partial charge in [-0.1, -0.05) is 34.1 Å². The normalized spacial score (nSPS) is 15.3. The summed E-state index contributed by atoms with van der Waals surface area (Å²) in [6, 6.07) is 1.82. The Morgan fingerprint density at radius 1 is 1.17 bits per heavy atom. The van der Waals surface area contributed by atoms with E-state index < -0.39 is 0 Å². The highest BCUT2D eigenvalue weighted by molar-refractivity contribution is 4.78. The molecule has 3 nitrogen and oxygen atoms in total. The molecule has 0 fully saturated rings. The largest absolute Gasteiger partial charge is 0.383 e. The number of hydrogen-bond acceptors (Lipinski definition) is 3. The second-order valence-electron chi connectivity index (χ2n) is 5.49. The number of hydrogen-bond donors (Lipinski definition) is 1. The van der Waals surface area contributed by atoms with Gasteiger partial charge in [0.05, 0.1) is 6.61 Å². The Balaban J connectivity index is 4.50. The first-order valence-corrected chi connectivity index (χ1v) is 7.54. The predicted octanol–water partition coefficient (Wildman–Crippen LogP) is 2.90. The van der Waals surface area contributed by atoms with Crippen molar-refractivity contribution in [3.8, 4) is 0 Å². The van der Waals surface area contributed by atoms with E-state index in [1.807, 2.05) is 0 Å². The Morgan fingerprint density at radius 3 is 2.28 bits per heavy atom. The Labute approximate surface area is 114 Å². The fraction of sp³-hybridized carbons (Fsp3) is 1.00. The van der Waals surface area contributed by atoms with Crippen LogP contribution in [0.4, 0.5) is 0 Å². The van der Waals surface area contributed by atoms with Crippen molar-refractivity contribution >= 4 is 0 Å². The van der Waals surface area contributed by atoms with Gasteiger partial charge in [-0.05, 0) is 19.8 Å². The molecule has 0 aliphatic rings. The van der Waals surface area contributed by atoms with E-state index in [2.05, 4.69) is 44.8 Å². The molecule has 110 valence electrons. The first-order chi connectivity index (χ1) is 8.56. The molecular formula is C15H34N2O. The van der Waals surface area contributed by atoms with Crippen LogP contribution in [0.1, 0.15) is 53.9 Å². The molecule has 0 saturated heterocycles. The fourth-order valence-corrected chi connectivity index (χ4v) is 2.28. The van der Waals surface area contributed by atoms with Gasteiger partial charge in [0, 0.05) is 38.3 Å². The van der Waals surface area contributed by atoms with Gasteiger partial charge < -0.3 is 10.1 Å². The van der Waals surface area contributed by atoms with Crippen LogP contribution in [0.15, 0.2) is 0 Å². The van der Waals surface area contributed by atoms with Crippen LogP contribution in [0.25, 0.3) is 0 Å². The lowest BCUT2D eigenvalue weighted by molar-refractivity contribution is 0.0822. The fourth-order valence-electron chi connectivity index (χ4n) is 2.28. The minimum absolute atomic E-state index is 0.561. The standard InChI is InChI=1S/C15H34N2O/c1-7-9-15(12-16-13(3)4)17(10-11-18-6)14(5)8-2/h13-16H,7-12H2,1-6H3. The van der Waals surface area contributed by atoms with E-state index in [-0.39, 0.29) is 0 Å². The minimum atomic E-state index is 0.561. The highest BCUT2D eigenvalue weighted by Crippen LogP contribution is 2.13. The minimum Gasteiger partial charge on any atom is -0.383 e. The van der Waals surface area contributed by atoms with Crippen molar-refractivity contribution in [3.05, 3.63) is 0 Å². The van der Waals surface area contributed by atoms with E-state index in [1.165, 1.54) is 19.3 Å². The third-order valence-corrected chi connectivity index (χ3v) is 3.56. The lowest BCUT2D eigenvalue weighted by Crippen LogP contribution is -2.49. The molecule has 1 N–H and O–H groups in total. The van der Waals surface area contributed by atoms with Crippen LogP contribution in [-0.2, 0) is 4.74 Å². The van der Waals surface area contributed by atoms with Crippen molar-refractivity contribution in [2.75, 3.05) is 26.8 Å². The monoisotopic (exact) mass is 258 g/mol.